The second kappa shape index (κ2) is 9.00. The smallest absolute Gasteiger partial charge is 0.302 e. The Hall–Kier alpha value is -0.570. The van der Waals surface area contributed by atoms with E-state index in [4.69, 9.17) is 4.74 Å². The Morgan fingerprint density at radius 3 is 2.64 bits per heavy atom. The summed E-state index contributed by atoms with van der Waals surface area (Å²) in [6, 6.07) is 0. The maximum Gasteiger partial charge on any atom is 0.302 e. The highest BCUT2D eigenvalue weighted by molar-refractivity contribution is 5.65. The Bertz CT molecular complexity index is 148. The summed E-state index contributed by atoms with van der Waals surface area (Å²) < 4.78 is 5.00. The summed E-state index contributed by atoms with van der Waals surface area (Å²) >= 11 is 0. The number of esters is 1. The van der Waals surface area contributed by atoms with Crippen LogP contribution in [0.25, 0.3) is 0 Å². The number of rotatable bonds is 8. The van der Waals surface area contributed by atoms with E-state index < -0.39 is 0 Å². The summed E-state index contributed by atoms with van der Waals surface area (Å²) in [4.78, 5) is 10.6. The highest BCUT2D eigenvalue weighted by Crippen LogP contribution is 2.12. The zero-order chi connectivity index (χ0) is 10.8. The monoisotopic (exact) mass is 201 g/mol. The van der Waals surface area contributed by atoms with E-state index in [1.54, 1.807) is 0 Å². The summed E-state index contributed by atoms with van der Waals surface area (Å²) in [5.74, 6) is 0.370. The van der Waals surface area contributed by atoms with Crippen LogP contribution < -0.4 is 5.32 Å². The van der Waals surface area contributed by atoms with E-state index in [1.807, 2.05) is 7.05 Å². The molecule has 0 heterocycles. The Labute approximate surface area is 87.2 Å². The molecule has 0 aliphatic rings. The Morgan fingerprint density at radius 2 is 2.14 bits per heavy atom. The second-order valence-corrected chi connectivity index (χ2v) is 3.68. The maximum absolute atomic E-state index is 10.6. The average molecular weight is 201 g/mol. The van der Waals surface area contributed by atoms with Crippen molar-refractivity contribution in [3.63, 3.8) is 0 Å². The first-order valence-electron chi connectivity index (χ1n) is 5.48. The van der Waals surface area contributed by atoms with E-state index in [2.05, 4.69) is 12.2 Å². The van der Waals surface area contributed by atoms with Gasteiger partial charge in [-0.1, -0.05) is 19.8 Å². The van der Waals surface area contributed by atoms with Gasteiger partial charge in [0.05, 0.1) is 6.61 Å². The molecule has 0 radical (unpaired) electrons. The van der Waals surface area contributed by atoms with Crippen LogP contribution in [0.5, 0.6) is 0 Å². The molecular formula is C11H23NO2. The minimum atomic E-state index is -0.168. The van der Waals surface area contributed by atoms with Gasteiger partial charge in [-0.05, 0) is 32.4 Å². The van der Waals surface area contributed by atoms with Gasteiger partial charge in [-0.25, -0.2) is 0 Å². The van der Waals surface area contributed by atoms with E-state index in [9.17, 15) is 4.79 Å². The number of unbranched alkanes of at least 4 members (excludes halogenated alkanes) is 1. The average Bonchev–Trinajstić information content (AvgIpc) is 2.16. The van der Waals surface area contributed by atoms with Crippen LogP contribution in [0.1, 0.15) is 39.5 Å². The van der Waals surface area contributed by atoms with Gasteiger partial charge in [0.1, 0.15) is 0 Å². The van der Waals surface area contributed by atoms with Crippen molar-refractivity contribution in [2.45, 2.75) is 39.5 Å². The van der Waals surface area contributed by atoms with Gasteiger partial charge >= 0.3 is 5.97 Å². The molecule has 84 valence electrons. The van der Waals surface area contributed by atoms with E-state index in [-0.39, 0.29) is 5.97 Å². The molecule has 3 heteroatoms. The van der Waals surface area contributed by atoms with Crippen LogP contribution in [-0.2, 0) is 9.53 Å². The summed E-state index contributed by atoms with van der Waals surface area (Å²) in [7, 11) is 1.97. The molecule has 0 spiro atoms. The van der Waals surface area contributed by atoms with Crippen molar-refractivity contribution in [3.8, 4) is 0 Å². The van der Waals surface area contributed by atoms with Crippen LogP contribution in [0.4, 0.5) is 0 Å². The molecule has 1 N–H and O–H groups in total. The van der Waals surface area contributed by atoms with Gasteiger partial charge in [0.15, 0.2) is 0 Å². The van der Waals surface area contributed by atoms with Crippen molar-refractivity contribution in [2.24, 2.45) is 5.92 Å². The van der Waals surface area contributed by atoms with Gasteiger partial charge in [-0.2, -0.15) is 0 Å². The maximum atomic E-state index is 10.6. The predicted octanol–water partition coefficient (Wildman–Crippen LogP) is 1.97. The van der Waals surface area contributed by atoms with E-state index in [0.717, 1.165) is 19.4 Å². The normalized spacial score (nSPS) is 12.5. The Kier molecular flexibility index (Phi) is 8.64. The van der Waals surface area contributed by atoms with E-state index >= 15 is 0 Å². The van der Waals surface area contributed by atoms with Crippen LogP contribution in [0.2, 0.25) is 0 Å². The summed E-state index contributed by atoms with van der Waals surface area (Å²) in [6.07, 6.45) is 4.66. The molecule has 0 fully saturated rings. The third-order valence-electron chi connectivity index (χ3n) is 2.39. The van der Waals surface area contributed by atoms with E-state index in [0.29, 0.717) is 12.5 Å². The molecule has 0 bridgehead atoms. The lowest BCUT2D eigenvalue weighted by Crippen LogP contribution is -2.13. The van der Waals surface area contributed by atoms with Crippen molar-refractivity contribution in [1.82, 2.24) is 5.32 Å². The predicted molar refractivity (Wildman–Crippen MR) is 58.2 cm³/mol. The van der Waals surface area contributed by atoms with Crippen LogP contribution in [0.3, 0.4) is 0 Å². The topological polar surface area (TPSA) is 38.3 Å². The fraction of sp³-hybridized carbons (Fsp3) is 0.909. The standard InChI is InChI=1S/C11H23NO2/c1-4-11(9-14-10(2)13)7-5-6-8-12-3/h11-12H,4-9H2,1-3H3. The van der Waals surface area contributed by atoms with E-state index in [1.165, 1.54) is 19.8 Å². The number of nitrogens with one attached hydrogen (secondary N) is 1. The van der Waals surface area contributed by atoms with Gasteiger partial charge in [0.25, 0.3) is 0 Å². The molecule has 0 aliphatic carbocycles. The minimum Gasteiger partial charge on any atom is -0.466 e. The number of carbonyl (C=O) groups is 1. The van der Waals surface area contributed by atoms with Crippen molar-refractivity contribution >= 4 is 5.97 Å². The fourth-order valence-electron chi connectivity index (χ4n) is 1.38. The minimum absolute atomic E-state index is 0.168. The number of hydrogen-bond acceptors (Lipinski definition) is 3. The quantitative estimate of drug-likeness (QED) is 0.482. The van der Waals surface area contributed by atoms with Crippen LogP contribution in [0.15, 0.2) is 0 Å². The molecule has 0 aromatic heterocycles. The molecule has 1 unspecified atom stereocenters. The lowest BCUT2D eigenvalue weighted by Gasteiger charge is -2.13. The lowest BCUT2D eigenvalue weighted by molar-refractivity contribution is -0.142. The molecule has 0 aromatic carbocycles. The van der Waals surface area contributed by atoms with Gasteiger partial charge in [-0.15, -0.1) is 0 Å². The van der Waals surface area contributed by atoms with Gasteiger partial charge in [-0.3, -0.25) is 4.79 Å². The molecular weight excluding hydrogens is 178 g/mol. The number of carbonyl (C=O) groups excluding carboxylic acids is 1. The van der Waals surface area contributed by atoms with Gasteiger partial charge in [0.2, 0.25) is 0 Å². The molecule has 0 rings (SSSR count). The molecule has 1 atom stereocenters. The third-order valence-corrected chi connectivity index (χ3v) is 2.39. The summed E-state index contributed by atoms with van der Waals surface area (Å²) in [5.41, 5.74) is 0. The fourth-order valence-corrected chi connectivity index (χ4v) is 1.38. The van der Waals surface area contributed by atoms with Crippen LogP contribution >= 0.6 is 0 Å². The zero-order valence-electron chi connectivity index (χ0n) is 9.64. The van der Waals surface area contributed by atoms with Crippen LogP contribution in [0, 0.1) is 5.92 Å². The Balaban J connectivity index is 3.42. The highest BCUT2D eigenvalue weighted by Gasteiger charge is 2.07. The number of hydrogen-bond donors (Lipinski definition) is 1. The SMILES string of the molecule is CCC(CCCCNC)COC(C)=O. The third kappa shape index (κ3) is 8.05. The first-order valence-corrected chi connectivity index (χ1v) is 5.48. The first-order chi connectivity index (χ1) is 6.70. The Morgan fingerprint density at radius 1 is 1.43 bits per heavy atom. The second-order valence-electron chi connectivity index (χ2n) is 3.68. The van der Waals surface area contributed by atoms with Crippen LogP contribution in [-0.4, -0.2) is 26.2 Å². The van der Waals surface area contributed by atoms with Crippen molar-refractivity contribution in [2.75, 3.05) is 20.2 Å². The first kappa shape index (κ1) is 13.4. The molecule has 0 amide bonds. The van der Waals surface area contributed by atoms with Gasteiger partial charge in [0, 0.05) is 6.92 Å². The zero-order valence-corrected chi connectivity index (χ0v) is 9.64. The van der Waals surface area contributed by atoms with Crippen molar-refractivity contribution in [3.05, 3.63) is 0 Å². The molecule has 3 nitrogen and oxygen atoms in total. The summed E-state index contributed by atoms with van der Waals surface area (Å²) in [5, 5.41) is 3.12. The summed E-state index contributed by atoms with van der Waals surface area (Å²) in [6.45, 7) is 5.27. The molecule has 0 aromatic rings. The van der Waals surface area contributed by atoms with Gasteiger partial charge < -0.3 is 10.1 Å². The molecule has 0 aliphatic heterocycles. The lowest BCUT2D eigenvalue weighted by atomic mass is 10.0. The molecule has 0 saturated carbocycles. The van der Waals surface area contributed by atoms with Crippen molar-refractivity contribution in [1.29, 1.82) is 0 Å². The van der Waals surface area contributed by atoms with Crippen molar-refractivity contribution < 1.29 is 9.53 Å². The number of ether oxygens (including phenoxy) is 1. The molecule has 0 saturated heterocycles. The highest BCUT2D eigenvalue weighted by atomic mass is 16.5. The largest absolute Gasteiger partial charge is 0.466 e. The molecule has 14 heavy (non-hydrogen) atoms.